The molecule has 4 aromatic rings. The van der Waals surface area contributed by atoms with Crippen LogP contribution in [-0.4, -0.2) is 50.1 Å². The van der Waals surface area contributed by atoms with Crippen LogP contribution in [0.2, 0.25) is 5.02 Å². The van der Waals surface area contributed by atoms with Crippen molar-refractivity contribution in [3.8, 4) is 5.00 Å². The van der Waals surface area contributed by atoms with Gasteiger partial charge in [-0.05, 0) is 55.9 Å². The zero-order valence-electron chi connectivity index (χ0n) is 21.3. The summed E-state index contributed by atoms with van der Waals surface area (Å²) in [4.78, 5) is 19.4. The summed E-state index contributed by atoms with van der Waals surface area (Å²) in [6.07, 6.45) is 0.736. The molecule has 1 atom stereocenters. The van der Waals surface area contributed by atoms with Gasteiger partial charge >= 0.3 is 7.12 Å². The van der Waals surface area contributed by atoms with Crippen molar-refractivity contribution in [2.24, 2.45) is 4.99 Å². The fourth-order valence-electron chi connectivity index (χ4n) is 4.58. The average Bonchev–Trinajstić information content (AvgIpc) is 3.37. The van der Waals surface area contributed by atoms with Crippen molar-refractivity contribution in [1.82, 2.24) is 20.1 Å². The Labute approximate surface area is 230 Å². The number of carbonyl (C=O) groups is 1. The number of thiophene rings is 1. The number of nitrogens with zero attached hydrogens (tertiary/aromatic N) is 4. The molecule has 1 aliphatic heterocycles. The van der Waals surface area contributed by atoms with Gasteiger partial charge in [0, 0.05) is 27.6 Å². The van der Waals surface area contributed by atoms with Gasteiger partial charge in [-0.2, -0.15) is 0 Å². The molecule has 0 saturated carbocycles. The number of aliphatic imine (C=N–C) groups is 1. The average molecular weight is 548 g/mol. The van der Waals surface area contributed by atoms with Gasteiger partial charge in [-0.3, -0.25) is 14.4 Å². The predicted octanol–water partition coefficient (Wildman–Crippen LogP) is 3.23. The van der Waals surface area contributed by atoms with E-state index in [0.29, 0.717) is 29.3 Å². The third-order valence-electron chi connectivity index (χ3n) is 6.75. The maximum absolute atomic E-state index is 13.1. The molecule has 1 unspecified atom stereocenters. The molecular formula is C27H27BClN5O3S. The van der Waals surface area contributed by atoms with Crippen molar-refractivity contribution in [3.63, 3.8) is 0 Å². The van der Waals surface area contributed by atoms with Crippen LogP contribution in [-0.2, 0) is 11.2 Å². The molecule has 11 heteroatoms. The largest absolute Gasteiger partial charge is 0.488 e. The third-order valence-corrected chi connectivity index (χ3v) is 8.19. The molecule has 3 N–H and O–H groups in total. The second kappa shape index (κ2) is 10.8. The van der Waals surface area contributed by atoms with Gasteiger partial charge in [-0.15, -0.1) is 21.5 Å². The highest BCUT2D eigenvalue weighted by Gasteiger charge is 2.32. The third kappa shape index (κ3) is 5.17. The van der Waals surface area contributed by atoms with E-state index in [0.717, 1.165) is 38.8 Å². The van der Waals surface area contributed by atoms with E-state index in [1.165, 1.54) is 4.88 Å². The van der Waals surface area contributed by atoms with Gasteiger partial charge < -0.3 is 15.4 Å². The Morgan fingerprint density at radius 2 is 1.79 bits per heavy atom. The Balaban J connectivity index is 1.42. The highest BCUT2D eigenvalue weighted by atomic mass is 35.5. The molecule has 3 heterocycles. The molecule has 8 nitrogen and oxygen atoms in total. The van der Waals surface area contributed by atoms with Crippen LogP contribution < -0.4 is 10.8 Å². The van der Waals surface area contributed by atoms with Crippen LogP contribution in [0.15, 0.2) is 53.5 Å². The number of amides is 1. The normalized spacial score (nSPS) is 14.4. The first-order valence-corrected chi connectivity index (χ1v) is 13.5. The van der Waals surface area contributed by atoms with Crippen LogP contribution in [0.3, 0.4) is 0 Å². The van der Waals surface area contributed by atoms with Gasteiger partial charge in [0.15, 0.2) is 5.82 Å². The summed E-state index contributed by atoms with van der Waals surface area (Å²) in [6, 6.07) is 14.1. The Morgan fingerprint density at radius 1 is 1.08 bits per heavy atom. The summed E-state index contributed by atoms with van der Waals surface area (Å²) >= 11 is 7.84. The van der Waals surface area contributed by atoms with Crippen LogP contribution in [0, 0.1) is 20.8 Å². The van der Waals surface area contributed by atoms with Gasteiger partial charge in [-0.25, -0.2) is 0 Å². The van der Waals surface area contributed by atoms with Gasteiger partial charge in [0.2, 0.25) is 5.91 Å². The van der Waals surface area contributed by atoms with E-state index < -0.39 is 13.2 Å². The number of hydrogen-bond acceptors (Lipinski definition) is 7. The highest BCUT2D eigenvalue weighted by molar-refractivity contribution is 7.15. The molecule has 0 spiro atoms. The molecule has 0 aliphatic carbocycles. The number of hydrogen-bond donors (Lipinski definition) is 3. The zero-order valence-corrected chi connectivity index (χ0v) is 22.8. The van der Waals surface area contributed by atoms with Crippen molar-refractivity contribution in [2.75, 3.05) is 6.54 Å². The Morgan fingerprint density at radius 3 is 2.47 bits per heavy atom. The van der Waals surface area contributed by atoms with E-state index in [1.807, 2.05) is 47.9 Å². The van der Waals surface area contributed by atoms with Crippen LogP contribution in [0.4, 0.5) is 0 Å². The van der Waals surface area contributed by atoms with Crippen molar-refractivity contribution in [2.45, 2.75) is 39.7 Å². The summed E-state index contributed by atoms with van der Waals surface area (Å²) in [7, 11) is -1.50. The molecule has 0 saturated heterocycles. The van der Waals surface area contributed by atoms with Gasteiger partial charge in [0.25, 0.3) is 0 Å². The lowest BCUT2D eigenvalue weighted by Gasteiger charge is -2.13. The predicted molar refractivity (Wildman–Crippen MR) is 151 cm³/mol. The minimum atomic E-state index is -1.50. The molecule has 0 bridgehead atoms. The van der Waals surface area contributed by atoms with Crippen molar-refractivity contribution in [1.29, 1.82) is 0 Å². The molecule has 194 valence electrons. The number of aryl methyl sites for hydroxylation is 2. The van der Waals surface area contributed by atoms with Crippen molar-refractivity contribution < 1.29 is 14.8 Å². The van der Waals surface area contributed by atoms with E-state index in [-0.39, 0.29) is 12.3 Å². The minimum Gasteiger partial charge on any atom is -0.423 e. The lowest BCUT2D eigenvalue weighted by atomic mass is 9.80. The van der Waals surface area contributed by atoms with Gasteiger partial charge in [0.1, 0.15) is 16.9 Å². The van der Waals surface area contributed by atoms with Gasteiger partial charge in [0.05, 0.1) is 12.1 Å². The highest BCUT2D eigenvalue weighted by Crippen LogP contribution is 2.39. The molecule has 0 radical (unpaired) electrons. The fourth-order valence-corrected chi connectivity index (χ4v) is 5.92. The number of aromatic nitrogens is 3. The quantitative estimate of drug-likeness (QED) is 0.308. The van der Waals surface area contributed by atoms with Crippen LogP contribution in [0.25, 0.3) is 5.00 Å². The second-order valence-electron chi connectivity index (χ2n) is 9.32. The number of carbonyl (C=O) groups excluding carboxylic acids is 1. The molecule has 5 rings (SSSR count). The molecule has 2 aromatic heterocycles. The standard InChI is InChI=1S/C27H27BClN5O3S/c1-15-16(2)38-27-24(15)25(19-6-10-21(29)11-7-19)31-22(26-33-32-17(3)34(26)27)14-23(35)30-13-12-18-4-8-20(9-5-18)28(36)37/h4-11,22,36-37H,12-14H2,1-3H3,(H,30,35). The minimum absolute atomic E-state index is 0.123. The SMILES string of the molecule is Cc1sc2c(c1C)C(c1ccc(Cl)cc1)=NC(CC(=O)NCCc1ccc(B(O)O)cc1)c1nnc(C)n1-2. The van der Waals surface area contributed by atoms with Crippen LogP contribution >= 0.6 is 22.9 Å². The monoisotopic (exact) mass is 547 g/mol. The topological polar surface area (TPSA) is 113 Å². The molecule has 0 fully saturated rings. The van der Waals surface area contributed by atoms with E-state index in [2.05, 4.69) is 29.4 Å². The summed E-state index contributed by atoms with van der Waals surface area (Å²) < 4.78 is 2.03. The lowest BCUT2D eigenvalue weighted by Crippen LogP contribution is -2.30. The molecule has 38 heavy (non-hydrogen) atoms. The maximum Gasteiger partial charge on any atom is 0.488 e. The first kappa shape index (κ1) is 26.3. The lowest BCUT2D eigenvalue weighted by molar-refractivity contribution is -0.121. The number of nitrogens with one attached hydrogen (secondary N) is 1. The fraction of sp³-hybridized carbons (Fsp3) is 0.259. The first-order valence-electron chi connectivity index (χ1n) is 12.3. The summed E-state index contributed by atoms with van der Waals surface area (Å²) in [6.45, 7) is 6.54. The first-order chi connectivity index (χ1) is 18.2. The molecular weight excluding hydrogens is 521 g/mol. The van der Waals surface area contributed by atoms with E-state index in [4.69, 9.17) is 16.6 Å². The van der Waals surface area contributed by atoms with Crippen molar-refractivity contribution in [3.05, 3.63) is 92.3 Å². The zero-order chi connectivity index (χ0) is 27.0. The summed E-state index contributed by atoms with van der Waals surface area (Å²) in [5.41, 5.74) is 5.32. The number of fused-ring (bicyclic) bond motifs is 3. The molecule has 1 aliphatic rings. The van der Waals surface area contributed by atoms with Crippen LogP contribution in [0.5, 0.6) is 0 Å². The number of halogens is 1. The van der Waals surface area contributed by atoms with E-state index >= 15 is 0 Å². The van der Waals surface area contributed by atoms with E-state index in [9.17, 15) is 14.8 Å². The summed E-state index contributed by atoms with van der Waals surface area (Å²) in [5.74, 6) is 1.25. The molecule has 1 amide bonds. The Kier molecular flexibility index (Phi) is 7.49. The smallest absolute Gasteiger partial charge is 0.423 e. The number of benzene rings is 2. The summed E-state index contributed by atoms with van der Waals surface area (Å²) in [5, 5.41) is 31.9. The second-order valence-corrected chi connectivity index (χ2v) is 11.0. The van der Waals surface area contributed by atoms with Gasteiger partial charge in [-0.1, -0.05) is 48.0 Å². The van der Waals surface area contributed by atoms with Crippen molar-refractivity contribution >= 4 is 47.1 Å². The Hall–Kier alpha value is -3.31. The Bertz CT molecular complexity index is 1510. The van der Waals surface area contributed by atoms with Crippen LogP contribution in [0.1, 0.15) is 51.2 Å². The molecule has 2 aromatic carbocycles. The van der Waals surface area contributed by atoms with E-state index in [1.54, 1.807) is 23.5 Å². The maximum atomic E-state index is 13.1. The number of rotatable bonds is 7.